The van der Waals surface area contributed by atoms with E-state index in [0.717, 1.165) is 48.9 Å². The second-order valence-corrected chi connectivity index (χ2v) is 8.59. The van der Waals surface area contributed by atoms with Gasteiger partial charge in [-0.2, -0.15) is 0 Å². The number of benzene rings is 2. The molecule has 3 aromatic rings. The zero-order valence-electron chi connectivity index (χ0n) is 16.8. The van der Waals surface area contributed by atoms with Crippen LogP contribution >= 0.6 is 11.6 Å². The van der Waals surface area contributed by atoms with E-state index in [1.807, 2.05) is 59.3 Å². The largest absolute Gasteiger partial charge is 0.480 e. The maximum atomic E-state index is 13.1. The van der Waals surface area contributed by atoms with Gasteiger partial charge in [-0.3, -0.25) is 4.79 Å². The number of piperidine rings is 1. The highest BCUT2D eigenvalue weighted by molar-refractivity contribution is 6.30. The average Bonchev–Trinajstić information content (AvgIpc) is 3.23. The van der Waals surface area contributed by atoms with E-state index in [1.54, 1.807) is 0 Å². The SMILES string of the molecule is O=C1c2cccn2-c2ccccc2OC1CCN1CCC(c2ccc(Cl)cc2)CC1. The first-order valence-electron chi connectivity index (χ1n) is 10.6. The second-order valence-electron chi connectivity index (χ2n) is 8.16. The summed E-state index contributed by atoms with van der Waals surface area (Å²) in [4.78, 5) is 15.6. The molecular formula is C25H25ClN2O2. The number of carbonyl (C=O) groups is 1. The maximum absolute atomic E-state index is 13.1. The quantitative estimate of drug-likeness (QED) is 0.571. The molecule has 0 N–H and O–H groups in total. The van der Waals surface area contributed by atoms with E-state index in [0.29, 0.717) is 18.0 Å². The van der Waals surface area contributed by atoms with Gasteiger partial charge in [0.2, 0.25) is 5.78 Å². The highest BCUT2D eigenvalue weighted by Gasteiger charge is 2.30. The third kappa shape index (κ3) is 3.78. The Hall–Kier alpha value is -2.56. The number of hydrogen-bond donors (Lipinski definition) is 0. The molecule has 5 rings (SSSR count). The fraction of sp³-hybridized carbons (Fsp3) is 0.320. The third-order valence-electron chi connectivity index (χ3n) is 6.32. The van der Waals surface area contributed by atoms with Crippen molar-refractivity contribution in [3.8, 4) is 11.4 Å². The van der Waals surface area contributed by atoms with Gasteiger partial charge in [0.1, 0.15) is 5.75 Å². The summed E-state index contributed by atoms with van der Waals surface area (Å²) in [5, 5.41) is 0.789. The summed E-state index contributed by atoms with van der Waals surface area (Å²) in [6, 6.07) is 19.9. The normalized spacial score (nSPS) is 19.6. The van der Waals surface area contributed by atoms with Gasteiger partial charge in [0.25, 0.3) is 0 Å². The molecule has 1 atom stereocenters. The molecular weight excluding hydrogens is 396 g/mol. The fourth-order valence-corrected chi connectivity index (χ4v) is 4.76. The van der Waals surface area contributed by atoms with Crippen molar-refractivity contribution < 1.29 is 9.53 Å². The van der Waals surface area contributed by atoms with Gasteiger partial charge in [-0.25, -0.2) is 0 Å². The van der Waals surface area contributed by atoms with Crippen molar-refractivity contribution in [2.75, 3.05) is 19.6 Å². The number of para-hydroxylation sites is 2. The van der Waals surface area contributed by atoms with Crippen LogP contribution in [0.25, 0.3) is 5.69 Å². The van der Waals surface area contributed by atoms with Crippen LogP contribution in [0.3, 0.4) is 0 Å². The number of ketones is 1. The van der Waals surface area contributed by atoms with Gasteiger partial charge in [-0.15, -0.1) is 0 Å². The standard InChI is InChI=1S/C25H25ClN2O2/c26-20-9-7-18(8-10-20)19-11-15-27(16-12-19)17-13-24-25(29)22-5-3-14-28(22)21-4-1-2-6-23(21)30-24/h1-10,14,19,24H,11-13,15-17H2. The molecule has 30 heavy (non-hydrogen) atoms. The first-order chi connectivity index (χ1) is 14.7. The first-order valence-corrected chi connectivity index (χ1v) is 11.0. The average molecular weight is 421 g/mol. The Labute approximate surface area is 182 Å². The maximum Gasteiger partial charge on any atom is 0.219 e. The third-order valence-corrected chi connectivity index (χ3v) is 6.58. The molecule has 1 aromatic heterocycles. The lowest BCUT2D eigenvalue weighted by Crippen LogP contribution is -2.37. The zero-order valence-corrected chi connectivity index (χ0v) is 17.6. The minimum atomic E-state index is -0.448. The number of hydrogen-bond acceptors (Lipinski definition) is 3. The molecule has 0 amide bonds. The summed E-state index contributed by atoms with van der Waals surface area (Å²) in [6.45, 7) is 2.95. The molecule has 5 heteroatoms. The summed E-state index contributed by atoms with van der Waals surface area (Å²) in [5.74, 6) is 1.42. The predicted molar refractivity (Wildman–Crippen MR) is 119 cm³/mol. The minimum absolute atomic E-state index is 0.0623. The molecule has 1 unspecified atom stereocenters. The van der Waals surface area contributed by atoms with Gasteiger partial charge < -0.3 is 14.2 Å². The van der Waals surface area contributed by atoms with Crippen molar-refractivity contribution in [2.45, 2.75) is 31.3 Å². The van der Waals surface area contributed by atoms with Gasteiger partial charge in [-0.1, -0.05) is 35.9 Å². The van der Waals surface area contributed by atoms with Crippen LogP contribution in [0, 0.1) is 0 Å². The van der Waals surface area contributed by atoms with Crippen molar-refractivity contribution in [3.63, 3.8) is 0 Å². The fourth-order valence-electron chi connectivity index (χ4n) is 4.63. The number of fused-ring (bicyclic) bond motifs is 3. The summed E-state index contributed by atoms with van der Waals surface area (Å²) >= 11 is 6.02. The highest BCUT2D eigenvalue weighted by Crippen LogP contribution is 2.32. The van der Waals surface area contributed by atoms with Crippen molar-refractivity contribution in [1.82, 2.24) is 9.47 Å². The number of rotatable bonds is 4. The molecule has 1 fully saturated rings. The van der Waals surface area contributed by atoms with E-state index < -0.39 is 6.10 Å². The van der Waals surface area contributed by atoms with Crippen molar-refractivity contribution in [2.24, 2.45) is 0 Å². The highest BCUT2D eigenvalue weighted by atomic mass is 35.5. The summed E-state index contributed by atoms with van der Waals surface area (Å²) < 4.78 is 8.13. The Morgan fingerprint density at radius 3 is 2.53 bits per heavy atom. The van der Waals surface area contributed by atoms with E-state index in [1.165, 1.54) is 5.56 Å². The number of ether oxygens (including phenoxy) is 1. The van der Waals surface area contributed by atoms with Crippen LogP contribution < -0.4 is 4.74 Å². The summed E-state index contributed by atoms with van der Waals surface area (Å²) in [6.07, 6.45) is 4.44. The van der Waals surface area contributed by atoms with Gasteiger partial charge in [-0.05, 0) is 73.8 Å². The van der Waals surface area contributed by atoms with Crippen LogP contribution in [0.4, 0.5) is 0 Å². The lowest BCUT2D eigenvalue weighted by Gasteiger charge is -2.32. The topological polar surface area (TPSA) is 34.5 Å². The van der Waals surface area contributed by atoms with Crippen LogP contribution in [0.1, 0.15) is 41.2 Å². The van der Waals surface area contributed by atoms with Crippen LogP contribution in [0.15, 0.2) is 66.9 Å². The van der Waals surface area contributed by atoms with Crippen molar-refractivity contribution in [3.05, 3.63) is 83.1 Å². The number of likely N-dealkylation sites (tertiary alicyclic amines) is 1. The molecule has 2 aliphatic heterocycles. The number of halogens is 1. The van der Waals surface area contributed by atoms with Crippen molar-refractivity contribution >= 4 is 17.4 Å². The van der Waals surface area contributed by atoms with E-state index in [4.69, 9.17) is 16.3 Å². The number of nitrogens with zero attached hydrogens (tertiary/aromatic N) is 2. The molecule has 0 bridgehead atoms. The van der Waals surface area contributed by atoms with Gasteiger partial charge in [0.15, 0.2) is 6.10 Å². The lowest BCUT2D eigenvalue weighted by molar-refractivity contribution is 0.0750. The molecule has 2 aromatic carbocycles. The molecule has 1 saturated heterocycles. The van der Waals surface area contributed by atoms with E-state index in [2.05, 4.69) is 17.0 Å². The molecule has 4 nitrogen and oxygen atoms in total. The monoisotopic (exact) mass is 420 g/mol. The number of Topliss-reactive ketones (excluding diaryl/α,β-unsaturated/α-hetero) is 1. The molecule has 0 spiro atoms. The van der Waals surface area contributed by atoms with E-state index in [9.17, 15) is 4.79 Å². The lowest BCUT2D eigenvalue weighted by atomic mass is 9.89. The van der Waals surface area contributed by atoms with E-state index in [-0.39, 0.29) is 5.78 Å². The Kier molecular flexibility index (Phi) is 5.36. The molecule has 2 aliphatic rings. The molecule has 154 valence electrons. The first kappa shape index (κ1) is 19.4. The number of aromatic nitrogens is 1. The Morgan fingerprint density at radius 2 is 1.73 bits per heavy atom. The van der Waals surface area contributed by atoms with Crippen LogP contribution in [0.5, 0.6) is 5.75 Å². The Morgan fingerprint density at radius 1 is 0.967 bits per heavy atom. The van der Waals surface area contributed by atoms with E-state index >= 15 is 0 Å². The minimum Gasteiger partial charge on any atom is -0.480 e. The van der Waals surface area contributed by atoms with Crippen LogP contribution in [0.2, 0.25) is 5.02 Å². The van der Waals surface area contributed by atoms with Gasteiger partial charge in [0, 0.05) is 24.2 Å². The predicted octanol–water partition coefficient (Wildman–Crippen LogP) is 5.34. The molecule has 0 aliphatic carbocycles. The Bertz CT molecular complexity index is 1040. The van der Waals surface area contributed by atoms with Gasteiger partial charge in [0.05, 0.1) is 11.4 Å². The molecule has 0 saturated carbocycles. The zero-order chi connectivity index (χ0) is 20.5. The van der Waals surface area contributed by atoms with Gasteiger partial charge >= 0.3 is 0 Å². The van der Waals surface area contributed by atoms with Crippen LogP contribution in [-0.4, -0.2) is 41.0 Å². The number of carbonyl (C=O) groups excluding carboxylic acids is 1. The molecule has 3 heterocycles. The summed E-state index contributed by atoms with van der Waals surface area (Å²) in [5.41, 5.74) is 3.00. The van der Waals surface area contributed by atoms with Crippen LogP contribution in [-0.2, 0) is 0 Å². The van der Waals surface area contributed by atoms with Crippen molar-refractivity contribution in [1.29, 1.82) is 0 Å². The second kappa shape index (κ2) is 8.29. The smallest absolute Gasteiger partial charge is 0.219 e. The summed E-state index contributed by atoms with van der Waals surface area (Å²) in [7, 11) is 0. The molecule has 0 radical (unpaired) electrons. The Balaban J connectivity index is 1.23.